The van der Waals surface area contributed by atoms with Crippen molar-refractivity contribution in [1.29, 1.82) is 0 Å². The molecule has 1 aliphatic heterocycles. The minimum atomic E-state index is -0.394. The van der Waals surface area contributed by atoms with Crippen molar-refractivity contribution < 1.29 is 9.13 Å². The van der Waals surface area contributed by atoms with Crippen molar-refractivity contribution in [2.75, 3.05) is 20.2 Å². The van der Waals surface area contributed by atoms with Crippen molar-refractivity contribution in [2.24, 2.45) is 0 Å². The number of hydrogen-bond donors (Lipinski definition) is 1. The third-order valence-corrected chi connectivity index (χ3v) is 3.44. The molecular formula is C12H15ClFNO. The fraction of sp³-hybridized carbons (Fsp3) is 0.500. The Labute approximate surface area is 99.7 Å². The van der Waals surface area contributed by atoms with Crippen LogP contribution in [0, 0.1) is 5.82 Å². The zero-order chi connectivity index (χ0) is 11.5. The third kappa shape index (κ3) is 2.30. The van der Waals surface area contributed by atoms with Gasteiger partial charge in [0.2, 0.25) is 0 Å². The number of hydrogen-bond acceptors (Lipinski definition) is 2. The highest BCUT2D eigenvalue weighted by molar-refractivity contribution is 6.31. The Balaban J connectivity index is 2.33. The van der Waals surface area contributed by atoms with Crippen molar-refractivity contribution in [3.63, 3.8) is 0 Å². The molecule has 1 heterocycles. The monoisotopic (exact) mass is 243 g/mol. The molecule has 88 valence electrons. The van der Waals surface area contributed by atoms with Crippen LogP contribution >= 0.6 is 11.6 Å². The molecule has 0 spiro atoms. The standard InChI is InChI=1S/C12H15ClFNO/c1-16-9-6-10(12(13)11(14)7-9)8-2-4-15-5-3-8/h6-8,15H,2-5H2,1H3. The van der Waals surface area contributed by atoms with Gasteiger partial charge < -0.3 is 10.1 Å². The molecule has 16 heavy (non-hydrogen) atoms. The van der Waals surface area contributed by atoms with E-state index in [1.807, 2.05) is 6.07 Å². The van der Waals surface area contributed by atoms with E-state index in [4.69, 9.17) is 16.3 Å². The van der Waals surface area contributed by atoms with Crippen molar-refractivity contribution in [1.82, 2.24) is 5.32 Å². The minimum absolute atomic E-state index is 0.243. The van der Waals surface area contributed by atoms with Crippen LogP contribution in [-0.4, -0.2) is 20.2 Å². The normalized spacial score (nSPS) is 17.4. The van der Waals surface area contributed by atoms with Crippen molar-refractivity contribution in [2.45, 2.75) is 18.8 Å². The molecule has 0 bridgehead atoms. The van der Waals surface area contributed by atoms with Crippen LogP contribution in [0.5, 0.6) is 5.75 Å². The van der Waals surface area contributed by atoms with Crippen LogP contribution in [0.25, 0.3) is 0 Å². The number of benzene rings is 1. The van der Waals surface area contributed by atoms with Gasteiger partial charge in [0.15, 0.2) is 0 Å². The summed E-state index contributed by atoms with van der Waals surface area (Å²) in [5.74, 6) is 0.475. The van der Waals surface area contributed by atoms with Crippen molar-refractivity contribution in [3.8, 4) is 5.75 Å². The topological polar surface area (TPSA) is 21.3 Å². The van der Waals surface area contributed by atoms with Gasteiger partial charge in [0, 0.05) is 6.07 Å². The Kier molecular flexibility index (Phi) is 3.66. The first kappa shape index (κ1) is 11.7. The Morgan fingerprint density at radius 2 is 2.06 bits per heavy atom. The van der Waals surface area contributed by atoms with Gasteiger partial charge >= 0.3 is 0 Å². The molecule has 1 fully saturated rings. The number of piperidine rings is 1. The second-order valence-electron chi connectivity index (χ2n) is 4.04. The summed E-state index contributed by atoms with van der Waals surface area (Å²) >= 11 is 6.00. The summed E-state index contributed by atoms with van der Waals surface area (Å²) in [6.07, 6.45) is 1.98. The third-order valence-electron chi connectivity index (χ3n) is 3.04. The van der Waals surface area contributed by atoms with Gasteiger partial charge in [0.1, 0.15) is 11.6 Å². The van der Waals surface area contributed by atoms with Crippen molar-refractivity contribution in [3.05, 3.63) is 28.5 Å². The van der Waals surface area contributed by atoms with Crippen LogP contribution in [0.1, 0.15) is 24.3 Å². The zero-order valence-corrected chi connectivity index (χ0v) is 9.98. The number of methoxy groups -OCH3 is 1. The summed E-state index contributed by atoms with van der Waals surface area (Å²) in [5, 5.41) is 3.52. The minimum Gasteiger partial charge on any atom is -0.497 e. The molecule has 1 aliphatic rings. The smallest absolute Gasteiger partial charge is 0.145 e. The lowest BCUT2D eigenvalue weighted by Crippen LogP contribution is -2.26. The maximum absolute atomic E-state index is 13.6. The van der Waals surface area contributed by atoms with Crippen LogP contribution in [0.15, 0.2) is 12.1 Å². The number of halogens is 2. The molecule has 1 N–H and O–H groups in total. The summed E-state index contributed by atoms with van der Waals surface area (Å²) in [4.78, 5) is 0. The highest BCUT2D eigenvalue weighted by atomic mass is 35.5. The predicted molar refractivity (Wildman–Crippen MR) is 62.8 cm³/mol. The first-order chi connectivity index (χ1) is 7.72. The van der Waals surface area contributed by atoms with Gasteiger partial charge in [-0.2, -0.15) is 0 Å². The van der Waals surface area contributed by atoms with Gasteiger partial charge in [-0.15, -0.1) is 0 Å². The largest absolute Gasteiger partial charge is 0.497 e. The van der Waals surface area contributed by atoms with Crippen LogP contribution in [0.2, 0.25) is 5.02 Å². The lowest BCUT2D eigenvalue weighted by atomic mass is 9.90. The van der Waals surface area contributed by atoms with Crippen LogP contribution < -0.4 is 10.1 Å². The molecule has 0 aliphatic carbocycles. The number of rotatable bonds is 2. The van der Waals surface area contributed by atoms with Gasteiger partial charge in [-0.3, -0.25) is 0 Å². The SMILES string of the molecule is COc1cc(F)c(Cl)c(C2CCNCC2)c1. The zero-order valence-electron chi connectivity index (χ0n) is 9.22. The first-order valence-electron chi connectivity index (χ1n) is 5.46. The molecule has 0 atom stereocenters. The molecular weight excluding hydrogens is 229 g/mol. The van der Waals surface area contributed by atoms with Gasteiger partial charge in [-0.05, 0) is 43.5 Å². The summed E-state index contributed by atoms with van der Waals surface area (Å²) in [7, 11) is 1.54. The van der Waals surface area contributed by atoms with E-state index in [1.54, 1.807) is 0 Å². The molecule has 2 rings (SSSR count). The predicted octanol–water partition coefficient (Wildman–Crippen LogP) is 2.95. The van der Waals surface area contributed by atoms with Gasteiger partial charge in [-0.1, -0.05) is 11.6 Å². The van der Waals surface area contributed by atoms with E-state index in [0.29, 0.717) is 11.7 Å². The first-order valence-corrected chi connectivity index (χ1v) is 5.84. The summed E-state index contributed by atoms with van der Waals surface area (Å²) < 4.78 is 18.6. The van der Waals surface area contributed by atoms with Gasteiger partial charge in [0.05, 0.1) is 12.1 Å². The summed E-state index contributed by atoms with van der Waals surface area (Å²) in [6, 6.07) is 3.17. The maximum atomic E-state index is 13.6. The quantitative estimate of drug-likeness (QED) is 0.862. The maximum Gasteiger partial charge on any atom is 0.145 e. The highest BCUT2D eigenvalue weighted by Gasteiger charge is 2.20. The van der Waals surface area contributed by atoms with Gasteiger partial charge in [0.25, 0.3) is 0 Å². The second kappa shape index (κ2) is 5.02. The Morgan fingerprint density at radius 1 is 1.38 bits per heavy atom. The van der Waals surface area contributed by atoms with E-state index in [-0.39, 0.29) is 5.02 Å². The van der Waals surface area contributed by atoms with Crippen LogP contribution in [0.4, 0.5) is 4.39 Å². The molecule has 1 aromatic rings. The van der Waals surface area contributed by atoms with Crippen molar-refractivity contribution >= 4 is 11.6 Å². The van der Waals surface area contributed by atoms with E-state index < -0.39 is 5.82 Å². The van der Waals surface area contributed by atoms with E-state index in [1.165, 1.54) is 13.2 Å². The summed E-state index contributed by atoms with van der Waals surface area (Å²) in [5.41, 5.74) is 0.875. The average Bonchev–Trinajstić information content (AvgIpc) is 2.33. The van der Waals surface area contributed by atoms with Crippen LogP contribution in [0.3, 0.4) is 0 Å². The summed E-state index contributed by atoms with van der Waals surface area (Å²) in [6.45, 7) is 1.92. The lowest BCUT2D eigenvalue weighted by Gasteiger charge is -2.24. The molecule has 1 aromatic carbocycles. The molecule has 2 nitrogen and oxygen atoms in total. The Bertz CT molecular complexity index is 378. The fourth-order valence-electron chi connectivity index (χ4n) is 2.13. The lowest BCUT2D eigenvalue weighted by molar-refractivity contribution is 0.407. The highest BCUT2D eigenvalue weighted by Crippen LogP contribution is 2.35. The molecule has 0 unspecified atom stereocenters. The number of nitrogens with one attached hydrogen (secondary N) is 1. The molecule has 4 heteroatoms. The van der Waals surface area contributed by atoms with E-state index in [2.05, 4.69) is 5.32 Å². The van der Waals surface area contributed by atoms with E-state index >= 15 is 0 Å². The molecule has 0 radical (unpaired) electrons. The second-order valence-corrected chi connectivity index (χ2v) is 4.41. The molecule has 1 saturated heterocycles. The average molecular weight is 244 g/mol. The van der Waals surface area contributed by atoms with E-state index in [9.17, 15) is 4.39 Å². The molecule has 0 saturated carbocycles. The van der Waals surface area contributed by atoms with Gasteiger partial charge in [-0.25, -0.2) is 4.39 Å². The molecule has 0 amide bonds. The Hall–Kier alpha value is -0.800. The van der Waals surface area contributed by atoms with Crippen LogP contribution in [-0.2, 0) is 0 Å². The molecule has 0 aromatic heterocycles. The fourth-order valence-corrected chi connectivity index (χ4v) is 2.40. The Morgan fingerprint density at radius 3 is 2.69 bits per heavy atom. The van der Waals surface area contributed by atoms with E-state index in [0.717, 1.165) is 31.5 Å². The number of ether oxygens (including phenoxy) is 1.